The van der Waals surface area contributed by atoms with Crippen LogP contribution >= 0.6 is 24.4 Å². The van der Waals surface area contributed by atoms with Gasteiger partial charge in [0.05, 0.1) is 25.6 Å². The van der Waals surface area contributed by atoms with Gasteiger partial charge < -0.3 is 20.1 Å². The van der Waals surface area contributed by atoms with Gasteiger partial charge in [-0.25, -0.2) is 9.10 Å². The summed E-state index contributed by atoms with van der Waals surface area (Å²) in [7, 11) is 2.93. The van der Waals surface area contributed by atoms with E-state index in [1.165, 1.54) is 21.1 Å². The van der Waals surface area contributed by atoms with Gasteiger partial charge in [-0.2, -0.15) is 0 Å². The fourth-order valence-electron chi connectivity index (χ4n) is 2.17. The number of benzene rings is 2. The van der Waals surface area contributed by atoms with Crippen molar-refractivity contribution >= 4 is 53.4 Å². The van der Waals surface area contributed by atoms with Gasteiger partial charge in [0.1, 0.15) is 10.8 Å². The van der Waals surface area contributed by atoms with E-state index in [1.807, 2.05) is 0 Å². The van der Waals surface area contributed by atoms with Gasteiger partial charge in [0.2, 0.25) is 5.91 Å². The second-order valence-electron chi connectivity index (χ2n) is 5.13. The van der Waals surface area contributed by atoms with Gasteiger partial charge in [-0.3, -0.25) is 4.79 Å². The number of ether oxygens (including phenoxy) is 2. The van der Waals surface area contributed by atoms with Crippen molar-refractivity contribution in [1.29, 1.82) is 0 Å². The van der Waals surface area contributed by atoms with Crippen molar-refractivity contribution in [3.05, 3.63) is 41.4 Å². The zero-order chi connectivity index (χ0) is 19.3. The molecule has 0 spiro atoms. The molecule has 7 nitrogen and oxygen atoms in total. The first-order valence-corrected chi connectivity index (χ1v) is 8.23. The van der Waals surface area contributed by atoms with Crippen LogP contribution in [0.25, 0.3) is 0 Å². The molecule has 2 N–H and O–H groups in total. The Balaban J connectivity index is 2.16. The molecule has 9 heteroatoms. The molecule has 138 valence electrons. The maximum atomic E-state index is 12.4. The van der Waals surface area contributed by atoms with Crippen molar-refractivity contribution in [3.63, 3.8) is 0 Å². The van der Waals surface area contributed by atoms with Crippen molar-refractivity contribution in [3.8, 4) is 11.5 Å². The molecule has 0 fully saturated rings. The largest absolute Gasteiger partial charge is 0.495 e. The van der Waals surface area contributed by atoms with Crippen molar-refractivity contribution in [2.24, 2.45) is 0 Å². The summed E-state index contributed by atoms with van der Waals surface area (Å²) in [5, 5.41) is 5.57. The first-order chi connectivity index (χ1) is 12.4. The minimum atomic E-state index is -0.514. The molecule has 0 saturated heterocycles. The van der Waals surface area contributed by atoms with Gasteiger partial charge in [0, 0.05) is 12.6 Å². The van der Waals surface area contributed by atoms with Gasteiger partial charge in [0.25, 0.3) is 0 Å². The Morgan fingerprint density at radius 3 is 2.23 bits per heavy atom. The van der Waals surface area contributed by atoms with Gasteiger partial charge in [-0.1, -0.05) is 24.4 Å². The van der Waals surface area contributed by atoms with Gasteiger partial charge >= 0.3 is 6.03 Å². The van der Waals surface area contributed by atoms with Gasteiger partial charge in [-0.15, -0.1) is 0 Å². The third-order valence-corrected chi connectivity index (χ3v) is 4.12. The predicted molar refractivity (Wildman–Crippen MR) is 106 cm³/mol. The quantitative estimate of drug-likeness (QED) is 0.663. The highest BCUT2D eigenvalue weighted by atomic mass is 35.5. The number of carbonyl (C=O) groups is 2. The predicted octanol–water partition coefficient (Wildman–Crippen LogP) is 4.20. The summed E-state index contributed by atoms with van der Waals surface area (Å²) in [6.45, 7) is 1.42. The fourth-order valence-corrected chi connectivity index (χ4v) is 2.67. The number of amides is 3. The summed E-state index contributed by atoms with van der Waals surface area (Å²) < 4.78 is 11.5. The Bertz CT molecular complexity index is 814. The van der Waals surface area contributed by atoms with E-state index >= 15 is 0 Å². The van der Waals surface area contributed by atoms with E-state index in [0.29, 0.717) is 22.8 Å². The number of rotatable bonds is 5. The molecule has 0 radical (unpaired) electrons. The molecule has 0 unspecified atom stereocenters. The fraction of sp³-hybridized carbons (Fsp3) is 0.176. The third kappa shape index (κ3) is 4.53. The van der Waals surface area contributed by atoms with Crippen molar-refractivity contribution in [2.75, 3.05) is 29.2 Å². The Labute approximate surface area is 161 Å². The molecule has 0 saturated carbocycles. The smallest absolute Gasteiger partial charge is 0.336 e. The zero-order valence-electron chi connectivity index (χ0n) is 14.4. The number of halogens is 1. The highest BCUT2D eigenvalue weighted by Crippen LogP contribution is 2.40. The lowest BCUT2D eigenvalue weighted by molar-refractivity contribution is -0.114. The van der Waals surface area contributed by atoms with Crippen LogP contribution in [0.3, 0.4) is 0 Å². The molecular weight excluding hydrogens is 378 g/mol. The van der Waals surface area contributed by atoms with Crippen LogP contribution in [0.4, 0.5) is 21.9 Å². The number of methoxy groups -OCH3 is 2. The van der Waals surface area contributed by atoms with E-state index in [-0.39, 0.29) is 16.7 Å². The first kappa shape index (κ1) is 19.7. The van der Waals surface area contributed by atoms with Crippen LogP contribution in [0.15, 0.2) is 36.4 Å². The maximum Gasteiger partial charge on any atom is 0.336 e. The van der Waals surface area contributed by atoms with E-state index in [9.17, 15) is 9.59 Å². The Morgan fingerprint density at radius 2 is 1.69 bits per heavy atom. The number of carbonyl (C=O) groups excluding carboxylic acids is 2. The Hall–Kier alpha value is -2.58. The first-order valence-electron chi connectivity index (χ1n) is 7.45. The van der Waals surface area contributed by atoms with Crippen molar-refractivity contribution in [1.82, 2.24) is 0 Å². The zero-order valence-corrected chi connectivity index (χ0v) is 16.0. The molecule has 2 aromatic carbocycles. The molecule has 2 rings (SSSR count). The lowest BCUT2D eigenvalue weighted by atomic mass is 10.2. The summed E-state index contributed by atoms with van der Waals surface area (Å²) in [6, 6.07) is 9.34. The van der Waals surface area contributed by atoms with E-state index in [1.54, 1.807) is 36.4 Å². The van der Waals surface area contributed by atoms with E-state index in [4.69, 9.17) is 21.1 Å². The van der Waals surface area contributed by atoms with Gasteiger partial charge in [0.15, 0.2) is 5.75 Å². The molecule has 0 bridgehead atoms. The topological polar surface area (TPSA) is 79.9 Å². The molecule has 0 aliphatic carbocycles. The van der Waals surface area contributed by atoms with E-state index in [2.05, 4.69) is 23.4 Å². The number of thiol groups is 1. The Kier molecular flexibility index (Phi) is 6.59. The van der Waals surface area contributed by atoms with Crippen molar-refractivity contribution < 1.29 is 19.1 Å². The molecule has 0 atom stereocenters. The molecule has 2 aromatic rings. The van der Waals surface area contributed by atoms with Crippen LogP contribution in [0.2, 0.25) is 5.02 Å². The highest BCUT2D eigenvalue weighted by molar-refractivity contribution is 7.82. The summed E-state index contributed by atoms with van der Waals surface area (Å²) in [6.07, 6.45) is 0. The molecule has 26 heavy (non-hydrogen) atoms. The van der Waals surface area contributed by atoms with Crippen LogP contribution in [0, 0.1) is 0 Å². The minimum Gasteiger partial charge on any atom is -0.495 e. The molecular formula is C17H18ClN3O4S. The number of nitrogens with one attached hydrogen (secondary N) is 2. The number of hydrogen-bond donors (Lipinski definition) is 3. The molecule has 3 amide bonds. The average molecular weight is 396 g/mol. The molecule has 0 aliphatic heterocycles. The lowest BCUT2D eigenvalue weighted by Crippen LogP contribution is -2.27. The van der Waals surface area contributed by atoms with E-state index in [0.717, 1.165) is 4.31 Å². The standard InChI is InChI=1S/C17H18ClN3O4S/c1-10(22)19-11-4-6-12(7-5-11)21(26)17(23)20-13-8-9-14(24-2)15(18)16(13)25-3/h4-9,26H,1-3H3,(H,19,22)(H,20,23). The number of urea groups is 1. The summed E-state index contributed by atoms with van der Waals surface area (Å²) in [5.41, 5.74) is 1.50. The minimum absolute atomic E-state index is 0.179. The normalized spacial score (nSPS) is 10.0. The Morgan fingerprint density at radius 1 is 1.04 bits per heavy atom. The second-order valence-corrected chi connectivity index (χ2v) is 5.91. The van der Waals surface area contributed by atoms with Crippen LogP contribution in [0.5, 0.6) is 11.5 Å². The van der Waals surface area contributed by atoms with Gasteiger partial charge in [-0.05, 0) is 36.4 Å². The van der Waals surface area contributed by atoms with Crippen LogP contribution < -0.4 is 24.4 Å². The highest BCUT2D eigenvalue weighted by Gasteiger charge is 2.18. The van der Waals surface area contributed by atoms with Crippen molar-refractivity contribution in [2.45, 2.75) is 6.92 Å². The third-order valence-electron chi connectivity index (χ3n) is 3.35. The molecule has 0 aliphatic rings. The second kappa shape index (κ2) is 8.68. The number of anilines is 3. The molecule has 0 aromatic heterocycles. The van der Waals surface area contributed by atoms with Crippen LogP contribution in [-0.2, 0) is 4.79 Å². The lowest BCUT2D eigenvalue weighted by Gasteiger charge is -2.19. The van der Waals surface area contributed by atoms with Crippen LogP contribution in [0.1, 0.15) is 6.92 Å². The van der Waals surface area contributed by atoms with Crippen LogP contribution in [-0.4, -0.2) is 26.2 Å². The average Bonchev–Trinajstić information content (AvgIpc) is 2.61. The summed E-state index contributed by atoms with van der Waals surface area (Å²) in [5.74, 6) is 0.529. The SMILES string of the molecule is COc1ccc(NC(=O)N(S)c2ccc(NC(C)=O)cc2)c(OC)c1Cl. The maximum absolute atomic E-state index is 12.4. The number of hydrogen-bond acceptors (Lipinski definition) is 5. The van der Waals surface area contributed by atoms with E-state index < -0.39 is 6.03 Å². The molecule has 0 heterocycles. The monoisotopic (exact) mass is 395 g/mol. The number of nitrogens with zero attached hydrogens (tertiary/aromatic N) is 1. The summed E-state index contributed by atoms with van der Waals surface area (Å²) >= 11 is 10.4. The summed E-state index contributed by atoms with van der Waals surface area (Å²) in [4.78, 5) is 23.5.